The van der Waals surface area contributed by atoms with Crippen LogP contribution in [-0.2, 0) is 32.7 Å². The van der Waals surface area contributed by atoms with Crippen molar-refractivity contribution < 1.29 is 42.1 Å². The molecule has 0 aliphatic heterocycles. The van der Waals surface area contributed by atoms with Crippen LogP contribution in [-0.4, -0.2) is 70.0 Å². The maximum absolute atomic E-state index is 12.6. The number of ether oxygens (including phenoxy) is 2. The number of phosphoric ester groups is 1. The van der Waals surface area contributed by atoms with Gasteiger partial charge in [-0.15, -0.1) is 0 Å². The second-order valence-electron chi connectivity index (χ2n) is 16.4. The number of carbonyl (C=O) groups excluding carboxylic acids is 2. The first-order valence-electron chi connectivity index (χ1n) is 22.5. The van der Waals surface area contributed by atoms with Crippen LogP contribution in [0.2, 0.25) is 0 Å². The molecule has 0 saturated carbocycles. The topological polar surface area (TPSA) is 111 Å². The van der Waals surface area contributed by atoms with Crippen molar-refractivity contribution in [3.8, 4) is 0 Å². The Morgan fingerprint density at radius 2 is 1.02 bits per heavy atom. The molecule has 55 heavy (non-hydrogen) atoms. The van der Waals surface area contributed by atoms with Crippen molar-refractivity contribution in [1.82, 2.24) is 0 Å². The number of nitrogens with zero attached hydrogens (tertiary/aromatic N) is 1. The average molecular weight is 800 g/mol. The highest BCUT2D eigenvalue weighted by atomic mass is 31.2. The molecule has 10 heteroatoms. The molecular weight excluding hydrogens is 713 g/mol. The predicted molar refractivity (Wildman–Crippen MR) is 227 cm³/mol. The number of hydrogen-bond acceptors (Lipinski definition) is 8. The van der Waals surface area contributed by atoms with Gasteiger partial charge in [0.15, 0.2) is 6.10 Å². The molecular formula is C45H86NO8P. The molecule has 0 fully saturated rings. The molecule has 0 rings (SSSR count). The van der Waals surface area contributed by atoms with Crippen LogP contribution >= 0.6 is 7.82 Å². The van der Waals surface area contributed by atoms with Gasteiger partial charge in [0.25, 0.3) is 7.82 Å². The summed E-state index contributed by atoms with van der Waals surface area (Å²) in [7, 11) is 1.16. The zero-order valence-electron chi connectivity index (χ0n) is 36.4. The lowest BCUT2D eigenvalue weighted by molar-refractivity contribution is -0.870. The minimum absolute atomic E-state index is 0.0319. The van der Waals surface area contributed by atoms with Crippen molar-refractivity contribution in [2.45, 2.75) is 206 Å². The number of allylic oxidation sites excluding steroid dienone is 4. The lowest BCUT2D eigenvalue weighted by Crippen LogP contribution is -2.37. The average Bonchev–Trinajstić information content (AvgIpc) is 3.13. The van der Waals surface area contributed by atoms with E-state index in [0.29, 0.717) is 17.4 Å². The highest BCUT2D eigenvalue weighted by molar-refractivity contribution is 7.45. The third kappa shape index (κ3) is 41.9. The Morgan fingerprint density at radius 3 is 1.51 bits per heavy atom. The second-order valence-corrected chi connectivity index (χ2v) is 17.8. The molecule has 0 aromatic carbocycles. The van der Waals surface area contributed by atoms with Crippen LogP contribution in [0.3, 0.4) is 0 Å². The van der Waals surface area contributed by atoms with Gasteiger partial charge in [0.1, 0.15) is 19.8 Å². The Morgan fingerprint density at radius 1 is 0.564 bits per heavy atom. The van der Waals surface area contributed by atoms with Gasteiger partial charge in [-0.2, -0.15) is 0 Å². The molecule has 2 atom stereocenters. The molecule has 0 spiro atoms. The summed E-state index contributed by atoms with van der Waals surface area (Å²) in [6, 6.07) is 0. The quantitative estimate of drug-likeness (QED) is 0.0198. The largest absolute Gasteiger partial charge is 0.756 e. The van der Waals surface area contributed by atoms with Gasteiger partial charge in [-0.25, -0.2) is 0 Å². The molecule has 2 unspecified atom stereocenters. The Hall–Kier alpha value is -1.51. The normalized spacial score (nSPS) is 13.8. The number of phosphoric acid groups is 1. The van der Waals surface area contributed by atoms with Crippen molar-refractivity contribution in [2.75, 3.05) is 47.5 Å². The summed E-state index contributed by atoms with van der Waals surface area (Å²) in [5, 5.41) is 0. The van der Waals surface area contributed by atoms with E-state index in [0.717, 1.165) is 64.2 Å². The monoisotopic (exact) mass is 800 g/mol. The highest BCUT2D eigenvalue weighted by Gasteiger charge is 2.21. The van der Waals surface area contributed by atoms with Gasteiger partial charge in [-0.3, -0.25) is 14.2 Å². The van der Waals surface area contributed by atoms with E-state index in [9.17, 15) is 19.0 Å². The second kappa shape index (κ2) is 38.0. The van der Waals surface area contributed by atoms with Gasteiger partial charge < -0.3 is 27.9 Å². The van der Waals surface area contributed by atoms with Gasteiger partial charge >= 0.3 is 11.9 Å². The molecule has 0 bridgehead atoms. The van der Waals surface area contributed by atoms with Crippen molar-refractivity contribution in [3.05, 3.63) is 24.3 Å². The first-order valence-corrected chi connectivity index (χ1v) is 24.0. The van der Waals surface area contributed by atoms with E-state index >= 15 is 0 Å². The van der Waals surface area contributed by atoms with E-state index in [2.05, 4.69) is 38.2 Å². The third-order valence-corrected chi connectivity index (χ3v) is 10.7. The van der Waals surface area contributed by atoms with E-state index < -0.39 is 26.5 Å². The zero-order chi connectivity index (χ0) is 40.7. The molecule has 0 aromatic rings. The number of rotatable bonds is 41. The van der Waals surface area contributed by atoms with Gasteiger partial charge in [-0.05, 0) is 38.5 Å². The molecule has 324 valence electrons. The van der Waals surface area contributed by atoms with Gasteiger partial charge in [0, 0.05) is 12.8 Å². The molecule has 0 saturated heterocycles. The summed E-state index contributed by atoms with van der Waals surface area (Å²) in [6.45, 7) is 4.16. The molecule has 0 amide bonds. The summed E-state index contributed by atoms with van der Waals surface area (Å²) in [5.74, 6) is -0.844. The molecule has 0 aromatic heterocycles. The van der Waals surface area contributed by atoms with Crippen molar-refractivity contribution >= 4 is 19.8 Å². The number of carbonyl (C=O) groups is 2. The minimum Gasteiger partial charge on any atom is -0.756 e. The molecule has 0 radical (unpaired) electrons. The Balaban J connectivity index is 4.30. The van der Waals surface area contributed by atoms with Crippen LogP contribution < -0.4 is 4.89 Å². The van der Waals surface area contributed by atoms with Gasteiger partial charge in [0.05, 0.1) is 27.7 Å². The minimum atomic E-state index is -4.62. The maximum atomic E-state index is 12.6. The van der Waals surface area contributed by atoms with Crippen LogP contribution in [0.1, 0.15) is 200 Å². The number of likely N-dealkylation sites (N-methyl/N-ethyl adjacent to an activating group) is 1. The third-order valence-electron chi connectivity index (χ3n) is 9.71. The van der Waals surface area contributed by atoms with Crippen LogP contribution in [0.25, 0.3) is 0 Å². The first kappa shape index (κ1) is 53.5. The van der Waals surface area contributed by atoms with Crippen molar-refractivity contribution in [2.24, 2.45) is 0 Å². The van der Waals surface area contributed by atoms with Crippen LogP contribution in [0, 0.1) is 0 Å². The fourth-order valence-electron chi connectivity index (χ4n) is 6.16. The summed E-state index contributed by atoms with van der Waals surface area (Å²) in [6.07, 6.45) is 40.6. The first-order chi connectivity index (χ1) is 26.5. The fraction of sp³-hybridized carbons (Fsp3) is 0.867. The van der Waals surface area contributed by atoms with E-state index in [1.165, 1.54) is 103 Å². The van der Waals surface area contributed by atoms with Gasteiger partial charge in [-0.1, -0.05) is 173 Å². The Bertz CT molecular complexity index is 996. The van der Waals surface area contributed by atoms with E-state index in [-0.39, 0.29) is 32.0 Å². The van der Waals surface area contributed by atoms with E-state index in [4.69, 9.17) is 18.5 Å². The van der Waals surface area contributed by atoms with Crippen molar-refractivity contribution in [1.29, 1.82) is 0 Å². The van der Waals surface area contributed by atoms with E-state index in [1.54, 1.807) is 0 Å². The van der Waals surface area contributed by atoms with Gasteiger partial charge in [0.2, 0.25) is 0 Å². The van der Waals surface area contributed by atoms with Crippen LogP contribution in [0.5, 0.6) is 0 Å². The molecule has 9 nitrogen and oxygen atoms in total. The standard InChI is InChI=1S/C45H86NO8P/c1-6-8-10-12-14-16-18-20-21-22-23-24-26-27-29-31-33-35-37-44(47)51-41-43(42-53-55(49,50)52-40-39-46(3,4)5)54-45(48)38-36-34-32-30-28-25-19-17-15-13-11-9-7-2/h11,13,17,19,43H,6-10,12,14-16,18,20-42H2,1-5H3/b13-11-,19-17-. The molecule has 0 aliphatic rings. The summed E-state index contributed by atoms with van der Waals surface area (Å²) < 4.78 is 33.9. The summed E-state index contributed by atoms with van der Waals surface area (Å²) >= 11 is 0. The van der Waals surface area contributed by atoms with E-state index in [1.807, 2.05) is 21.1 Å². The number of hydrogen-bond donors (Lipinski definition) is 0. The van der Waals surface area contributed by atoms with Crippen LogP contribution in [0.15, 0.2) is 24.3 Å². The SMILES string of the molecule is CCC/C=C\C/C=C\CCCCCCCC(=O)OC(COC(=O)CCCCCCCCCCCCCCCCCCCC)COP(=O)([O-])OCC[N+](C)(C)C. The number of unbranched alkanes of at least 4 members (excludes halogenated alkanes) is 23. The highest BCUT2D eigenvalue weighted by Crippen LogP contribution is 2.38. The molecule has 0 heterocycles. The zero-order valence-corrected chi connectivity index (χ0v) is 37.3. The Kier molecular flexibility index (Phi) is 37.0. The fourth-order valence-corrected chi connectivity index (χ4v) is 6.89. The predicted octanol–water partition coefficient (Wildman–Crippen LogP) is 12.1. The van der Waals surface area contributed by atoms with Crippen LogP contribution in [0.4, 0.5) is 0 Å². The molecule has 0 aliphatic carbocycles. The molecule has 0 N–H and O–H groups in total. The number of esters is 2. The summed E-state index contributed by atoms with van der Waals surface area (Å²) in [4.78, 5) is 37.5. The number of quaternary nitrogens is 1. The lowest BCUT2D eigenvalue weighted by atomic mass is 10.0. The maximum Gasteiger partial charge on any atom is 0.306 e. The Labute approximate surface area is 339 Å². The summed E-state index contributed by atoms with van der Waals surface area (Å²) in [5.41, 5.74) is 0. The lowest BCUT2D eigenvalue weighted by Gasteiger charge is -2.28. The van der Waals surface area contributed by atoms with Crippen molar-refractivity contribution in [3.63, 3.8) is 0 Å². The smallest absolute Gasteiger partial charge is 0.306 e.